The molecule has 0 amide bonds. The molecule has 2 rings (SSSR count). The van der Waals surface area contributed by atoms with E-state index < -0.39 is 11.5 Å². The summed E-state index contributed by atoms with van der Waals surface area (Å²) in [6, 6.07) is 3.17. The molecule has 6 heteroatoms. The van der Waals surface area contributed by atoms with Gasteiger partial charge in [0.15, 0.2) is 11.5 Å². The van der Waals surface area contributed by atoms with Gasteiger partial charge in [-0.2, -0.15) is 0 Å². The van der Waals surface area contributed by atoms with E-state index in [0.29, 0.717) is 24.3 Å². The van der Waals surface area contributed by atoms with Crippen LogP contribution in [0.3, 0.4) is 0 Å². The molecular formula is C12H16ClNO4. The van der Waals surface area contributed by atoms with Crippen LogP contribution >= 0.6 is 12.4 Å². The van der Waals surface area contributed by atoms with Gasteiger partial charge in [-0.25, -0.2) is 4.79 Å². The van der Waals surface area contributed by atoms with Gasteiger partial charge in [0.1, 0.15) is 5.54 Å². The molecule has 1 aromatic rings. The molecule has 0 saturated heterocycles. The average Bonchev–Trinajstić information content (AvgIpc) is 2.28. The Balaban J connectivity index is 0.00000162. The molecule has 18 heavy (non-hydrogen) atoms. The van der Waals surface area contributed by atoms with E-state index in [2.05, 4.69) is 5.32 Å². The Kier molecular flexibility index (Phi) is 4.09. The molecule has 5 nitrogen and oxygen atoms in total. The van der Waals surface area contributed by atoms with E-state index in [-0.39, 0.29) is 18.2 Å². The molecule has 0 saturated carbocycles. The summed E-state index contributed by atoms with van der Waals surface area (Å²) in [5.74, 6) is -0.605. The van der Waals surface area contributed by atoms with Crippen molar-refractivity contribution >= 4 is 18.4 Å². The molecule has 0 bridgehead atoms. The summed E-state index contributed by atoms with van der Waals surface area (Å²) in [6.45, 7) is 2.19. The summed E-state index contributed by atoms with van der Waals surface area (Å²) in [5.41, 5.74) is 0.354. The number of carboxylic acids is 1. The quantitative estimate of drug-likeness (QED) is 0.756. The number of halogens is 1. The van der Waals surface area contributed by atoms with Crippen LogP contribution in [-0.4, -0.2) is 29.8 Å². The van der Waals surface area contributed by atoms with Gasteiger partial charge in [0.05, 0.1) is 7.11 Å². The van der Waals surface area contributed by atoms with Crippen molar-refractivity contribution in [2.75, 3.05) is 13.7 Å². The molecule has 1 unspecified atom stereocenters. The molecule has 0 radical (unpaired) electrons. The maximum absolute atomic E-state index is 11.4. The first kappa shape index (κ1) is 14.6. The second-order valence-corrected chi connectivity index (χ2v) is 4.29. The van der Waals surface area contributed by atoms with Crippen LogP contribution in [0.15, 0.2) is 12.1 Å². The zero-order chi connectivity index (χ0) is 12.6. The fourth-order valence-electron chi connectivity index (χ4n) is 2.18. The van der Waals surface area contributed by atoms with Crippen molar-refractivity contribution < 1.29 is 19.7 Å². The molecule has 1 aliphatic rings. The maximum atomic E-state index is 11.4. The molecule has 1 heterocycles. The van der Waals surface area contributed by atoms with Gasteiger partial charge >= 0.3 is 5.97 Å². The normalized spacial score (nSPS) is 21.7. The number of hydrogen-bond acceptors (Lipinski definition) is 4. The van der Waals surface area contributed by atoms with Gasteiger partial charge < -0.3 is 14.9 Å². The largest absolute Gasteiger partial charge is 0.504 e. The Morgan fingerprint density at radius 1 is 1.50 bits per heavy atom. The number of rotatable bonds is 2. The second-order valence-electron chi connectivity index (χ2n) is 4.29. The van der Waals surface area contributed by atoms with Crippen molar-refractivity contribution in [3.8, 4) is 11.5 Å². The van der Waals surface area contributed by atoms with Crippen LogP contribution in [0.2, 0.25) is 0 Å². The zero-order valence-electron chi connectivity index (χ0n) is 10.2. The summed E-state index contributed by atoms with van der Waals surface area (Å²) in [6.07, 6.45) is 0.690. The molecule has 1 aromatic carbocycles. The van der Waals surface area contributed by atoms with E-state index >= 15 is 0 Å². The molecule has 1 aliphatic heterocycles. The third-order valence-electron chi connectivity index (χ3n) is 3.24. The van der Waals surface area contributed by atoms with Crippen LogP contribution in [0.25, 0.3) is 0 Å². The van der Waals surface area contributed by atoms with Gasteiger partial charge in [-0.3, -0.25) is 5.32 Å². The van der Waals surface area contributed by atoms with Crippen molar-refractivity contribution in [3.63, 3.8) is 0 Å². The maximum Gasteiger partial charge on any atom is 0.328 e. The number of carbonyl (C=O) groups is 1. The van der Waals surface area contributed by atoms with Crippen LogP contribution in [0, 0.1) is 0 Å². The lowest BCUT2D eigenvalue weighted by Crippen LogP contribution is -2.50. The van der Waals surface area contributed by atoms with Crippen molar-refractivity contribution in [3.05, 3.63) is 23.3 Å². The van der Waals surface area contributed by atoms with E-state index in [0.717, 1.165) is 5.56 Å². The highest BCUT2D eigenvalue weighted by atomic mass is 35.5. The van der Waals surface area contributed by atoms with Gasteiger partial charge in [-0.1, -0.05) is 0 Å². The number of aliphatic carboxylic acids is 1. The van der Waals surface area contributed by atoms with Crippen LogP contribution in [0.5, 0.6) is 11.5 Å². The lowest BCUT2D eigenvalue weighted by atomic mass is 9.83. The summed E-state index contributed by atoms with van der Waals surface area (Å²) in [7, 11) is 1.44. The Bertz CT molecular complexity index is 477. The predicted octanol–water partition coefficient (Wildman–Crippen LogP) is 1.27. The number of benzene rings is 1. The molecule has 3 N–H and O–H groups in total. The summed E-state index contributed by atoms with van der Waals surface area (Å²) in [4.78, 5) is 11.4. The molecule has 0 spiro atoms. The number of aromatic hydroxyl groups is 1. The highest BCUT2D eigenvalue weighted by molar-refractivity contribution is 5.85. The van der Waals surface area contributed by atoms with Crippen LogP contribution in [0.1, 0.15) is 18.1 Å². The van der Waals surface area contributed by atoms with Gasteiger partial charge in [-0.05, 0) is 36.6 Å². The van der Waals surface area contributed by atoms with E-state index in [4.69, 9.17) is 4.74 Å². The highest BCUT2D eigenvalue weighted by Gasteiger charge is 2.39. The molecule has 0 aromatic heterocycles. The first-order valence-electron chi connectivity index (χ1n) is 5.38. The Morgan fingerprint density at radius 3 is 2.72 bits per heavy atom. The lowest BCUT2D eigenvalue weighted by molar-refractivity contribution is -0.144. The molecule has 0 aliphatic carbocycles. The van der Waals surface area contributed by atoms with Gasteiger partial charge in [-0.15, -0.1) is 12.4 Å². The van der Waals surface area contributed by atoms with Crippen molar-refractivity contribution in [1.29, 1.82) is 0 Å². The van der Waals surface area contributed by atoms with E-state index in [1.807, 2.05) is 0 Å². The Morgan fingerprint density at radius 2 is 2.17 bits per heavy atom. The van der Waals surface area contributed by atoms with Crippen molar-refractivity contribution in [2.24, 2.45) is 0 Å². The number of fused-ring (bicyclic) bond motifs is 1. The second kappa shape index (κ2) is 5.04. The predicted molar refractivity (Wildman–Crippen MR) is 68.6 cm³/mol. The third-order valence-corrected chi connectivity index (χ3v) is 3.24. The standard InChI is InChI=1S/C12H15NO4.ClH/c1-12(11(15)16)8-6-10(17-2)9(14)5-7(8)3-4-13-12;/h5-6,13-14H,3-4H2,1-2H3,(H,15,16);1H. The van der Waals surface area contributed by atoms with Gasteiger partial charge in [0, 0.05) is 6.54 Å². The summed E-state index contributed by atoms with van der Waals surface area (Å²) >= 11 is 0. The van der Waals surface area contributed by atoms with E-state index in [1.165, 1.54) is 7.11 Å². The fraction of sp³-hybridized carbons (Fsp3) is 0.417. The van der Waals surface area contributed by atoms with Crippen molar-refractivity contribution in [1.82, 2.24) is 5.32 Å². The summed E-state index contributed by atoms with van der Waals surface area (Å²) < 4.78 is 5.01. The number of nitrogens with one attached hydrogen (secondary N) is 1. The van der Waals surface area contributed by atoms with Crippen LogP contribution in [0.4, 0.5) is 0 Å². The number of ether oxygens (including phenoxy) is 1. The van der Waals surface area contributed by atoms with Crippen LogP contribution < -0.4 is 10.1 Å². The minimum Gasteiger partial charge on any atom is -0.504 e. The van der Waals surface area contributed by atoms with E-state index in [9.17, 15) is 15.0 Å². The monoisotopic (exact) mass is 273 g/mol. The zero-order valence-corrected chi connectivity index (χ0v) is 11.0. The fourth-order valence-corrected chi connectivity index (χ4v) is 2.18. The minimum atomic E-state index is -1.13. The number of methoxy groups -OCH3 is 1. The lowest BCUT2D eigenvalue weighted by Gasteiger charge is -2.33. The summed E-state index contributed by atoms with van der Waals surface area (Å²) in [5, 5.41) is 22.0. The van der Waals surface area contributed by atoms with Gasteiger partial charge in [0.25, 0.3) is 0 Å². The molecular weight excluding hydrogens is 258 g/mol. The number of hydrogen-bond donors (Lipinski definition) is 3. The highest BCUT2D eigenvalue weighted by Crippen LogP contribution is 2.37. The number of phenols is 1. The van der Waals surface area contributed by atoms with Crippen molar-refractivity contribution in [2.45, 2.75) is 18.9 Å². The SMILES string of the molecule is COc1cc2c(cc1O)CCNC2(C)C(=O)O.Cl. The number of carboxylic acid groups (broad SMARTS) is 1. The first-order valence-corrected chi connectivity index (χ1v) is 5.38. The molecule has 1 atom stereocenters. The first-order chi connectivity index (χ1) is 7.99. The molecule has 100 valence electrons. The number of phenolic OH excluding ortho intramolecular Hbond substituents is 1. The smallest absolute Gasteiger partial charge is 0.328 e. The Labute approximate surface area is 111 Å². The Hall–Kier alpha value is -1.46. The topological polar surface area (TPSA) is 78.8 Å². The average molecular weight is 274 g/mol. The third kappa shape index (κ3) is 2.11. The molecule has 0 fully saturated rings. The van der Waals surface area contributed by atoms with Crippen LogP contribution in [-0.2, 0) is 16.8 Å². The van der Waals surface area contributed by atoms with E-state index in [1.54, 1.807) is 19.1 Å². The van der Waals surface area contributed by atoms with Gasteiger partial charge in [0.2, 0.25) is 0 Å². The minimum absolute atomic E-state index is 0.